The van der Waals surface area contributed by atoms with Crippen LogP contribution in [0.3, 0.4) is 0 Å². The van der Waals surface area contributed by atoms with E-state index in [2.05, 4.69) is 59.2 Å². The first-order valence-corrected chi connectivity index (χ1v) is 10.2. The number of likely N-dealkylation sites (N-methyl/N-ethyl adjacent to an activating group) is 1. The Hall–Kier alpha value is -2.37. The van der Waals surface area contributed by atoms with Crippen molar-refractivity contribution in [2.75, 3.05) is 25.0 Å². The Balaban J connectivity index is 1.55. The van der Waals surface area contributed by atoms with E-state index in [1.165, 1.54) is 15.6 Å². The van der Waals surface area contributed by atoms with Crippen molar-refractivity contribution < 1.29 is 4.79 Å². The van der Waals surface area contributed by atoms with Gasteiger partial charge in [-0.3, -0.25) is 4.79 Å². The minimum atomic E-state index is -0.0368. The van der Waals surface area contributed by atoms with E-state index in [9.17, 15) is 4.79 Å². The number of anilines is 1. The lowest BCUT2D eigenvalue weighted by Gasteiger charge is -2.37. The van der Waals surface area contributed by atoms with E-state index in [0.717, 1.165) is 29.9 Å². The second-order valence-electron chi connectivity index (χ2n) is 7.30. The smallest absolute Gasteiger partial charge is 0.252 e. The number of hydrogen-bond acceptors (Lipinski definition) is 4. The summed E-state index contributed by atoms with van der Waals surface area (Å²) in [5.74, 6) is -0.0164. The molecular weight excluding hydrogens is 354 g/mol. The molecule has 2 aromatic carbocycles. The highest BCUT2D eigenvalue weighted by atomic mass is 32.1. The Morgan fingerprint density at radius 2 is 2.04 bits per heavy atom. The molecule has 1 aliphatic heterocycles. The third-order valence-electron chi connectivity index (χ3n) is 5.51. The highest BCUT2D eigenvalue weighted by Gasteiger charge is 2.23. The largest absolute Gasteiger partial charge is 0.369 e. The number of nitrogens with zero attached hydrogens (tertiary/aromatic N) is 1. The van der Waals surface area contributed by atoms with Crippen molar-refractivity contribution >= 4 is 33.0 Å². The molecule has 5 heteroatoms. The average molecular weight is 380 g/mol. The van der Waals surface area contributed by atoms with Crippen molar-refractivity contribution in [2.45, 2.75) is 25.9 Å². The van der Waals surface area contributed by atoms with E-state index >= 15 is 0 Å². The van der Waals surface area contributed by atoms with Crippen molar-refractivity contribution in [3.8, 4) is 0 Å². The number of benzene rings is 2. The van der Waals surface area contributed by atoms with E-state index in [0.29, 0.717) is 6.04 Å². The lowest BCUT2D eigenvalue weighted by atomic mass is 10.0. The highest BCUT2D eigenvalue weighted by molar-refractivity contribution is 7.17. The highest BCUT2D eigenvalue weighted by Crippen LogP contribution is 2.30. The molecule has 4 nitrogen and oxygen atoms in total. The normalized spacial score (nSPS) is 15.4. The number of fused-ring (bicyclic) bond motifs is 1. The first kappa shape index (κ1) is 18.0. The molecule has 140 valence electrons. The molecule has 1 atom stereocenters. The van der Waals surface area contributed by atoms with Gasteiger partial charge in [-0.05, 0) is 53.9 Å². The second-order valence-corrected chi connectivity index (χ2v) is 8.22. The van der Waals surface area contributed by atoms with Gasteiger partial charge >= 0.3 is 0 Å². The molecule has 27 heavy (non-hydrogen) atoms. The van der Waals surface area contributed by atoms with Crippen molar-refractivity contribution in [1.29, 1.82) is 0 Å². The number of nitrogens with one attached hydrogen (secondary N) is 2. The zero-order chi connectivity index (χ0) is 19.0. The minimum Gasteiger partial charge on any atom is -0.369 e. The summed E-state index contributed by atoms with van der Waals surface area (Å²) in [7, 11) is 2.10. The van der Waals surface area contributed by atoms with Gasteiger partial charge < -0.3 is 15.5 Å². The zero-order valence-corrected chi connectivity index (χ0v) is 16.8. The molecule has 1 aromatic heterocycles. The van der Waals surface area contributed by atoms with Crippen LogP contribution in [0.25, 0.3) is 10.1 Å². The van der Waals surface area contributed by atoms with Gasteiger partial charge in [-0.2, -0.15) is 0 Å². The molecule has 2 N–H and O–H groups in total. The molecule has 0 aliphatic carbocycles. The quantitative estimate of drug-likeness (QED) is 0.701. The molecule has 0 bridgehead atoms. The fraction of sp³-hybridized carbons (Fsp3) is 0.318. The number of amides is 1. The third-order valence-corrected chi connectivity index (χ3v) is 6.49. The van der Waals surface area contributed by atoms with Crippen LogP contribution in [0, 0.1) is 6.92 Å². The SMILES string of the molecule is Cc1ccc(N(C)C2CNC2)cc1C(=O)N[C@H](C)c1csc2ccccc12. The lowest BCUT2D eigenvalue weighted by Crippen LogP contribution is -2.56. The van der Waals surface area contributed by atoms with E-state index < -0.39 is 0 Å². The molecule has 0 unspecified atom stereocenters. The van der Waals surface area contributed by atoms with Gasteiger partial charge in [0.15, 0.2) is 0 Å². The zero-order valence-electron chi connectivity index (χ0n) is 16.0. The van der Waals surface area contributed by atoms with Gasteiger partial charge in [-0.15, -0.1) is 11.3 Å². The first-order valence-electron chi connectivity index (χ1n) is 9.36. The number of carbonyl (C=O) groups is 1. The topological polar surface area (TPSA) is 44.4 Å². The summed E-state index contributed by atoms with van der Waals surface area (Å²) in [5, 5.41) is 9.86. The van der Waals surface area contributed by atoms with E-state index in [4.69, 9.17) is 0 Å². The Kier molecular flexibility index (Phi) is 4.89. The molecular formula is C22H25N3OS. The van der Waals surface area contributed by atoms with E-state index in [1.807, 2.05) is 25.1 Å². The van der Waals surface area contributed by atoms with Gasteiger partial charge in [-0.1, -0.05) is 24.3 Å². The van der Waals surface area contributed by atoms with E-state index in [1.54, 1.807) is 11.3 Å². The van der Waals surface area contributed by atoms with Crippen molar-refractivity contribution in [3.63, 3.8) is 0 Å². The summed E-state index contributed by atoms with van der Waals surface area (Å²) in [5.41, 5.74) is 4.01. The van der Waals surface area contributed by atoms with Crippen molar-refractivity contribution in [1.82, 2.24) is 10.6 Å². The molecule has 2 heterocycles. The summed E-state index contributed by atoms with van der Waals surface area (Å²) < 4.78 is 1.25. The Labute approximate surface area is 164 Å². The maximum absolute atomic E-state index is 13.0. The summed E-state index contributed by atoms with van der Waals surface area (Å²) in [6.07, 6.45) is 0. The van der Waals surface area contributed by atoms with Crippen LogP contribution in [0.5, 0.6) is 0 Å². The van der Waals surface area contributed by atoms with Crippen LogP contribution in [-0.4, -0.2) is 32.1 Å². The molecule has 3 aromatic rings. The molecule has 0 saturated carbocycles. The number of rotatable bonds is 5. The second kappa shape index (κ2) is 7.33. The molecule has 1 aliphatic rings. The van der Waals surface area contributed by atoms with E-state index in [-0.39, 0.29) is 11.9 Å². The summed E-state index contributed by atoms with van der Waals surface area (Å²) in [6.45, 7) is 6.04. The molecule has 1 amide bonds. The lowest BCUT2D eigenvalue weighted by molar-refractivity contribution is 0.0939. The van der Waals surface area contributed by atoms with Gasteiger partial charge in [0.25, 0.3) is 5.91 Å². The van der Waals surface area contributed by atoms with Gasteiger partial charge in [-0.25, -0.2) is 0 Å². The van der Waals surface area contributed by atoms with Crippen molar-refractivity contribution in [3.05, 3.63) is 64.5 Å². The average Bonchev–Trinajstić information content (AvgIpc) is 3.04. The maximum Gasteiger partial charge on any atom is 0.252 e. The maximum atomic E-state index is 13.0. The van der Waals surface area contributed by atoms with Crippen LogP contribution < -0.4 is 15.5 Å². The predicted octanol–water partition coefficient (Wildman–Crippen LogP) is 4.11. The Morgan fingerprint density at radius 1 is 1.26 bits per heavy atom. The molecule has 1 saturated heterocycles. The van der Waals surface area contributed by atoms with Crippen LogP contribution >= 0.6 is 11.3 Å². The molecule has 1 fully saturated rings. The number of hydrogen-bond donors (Lipinski definition) is 2. The standard InChI is InChI=1S/C22H25N3OS/c1-14-8-9-16(25(3)17-11-23-12-17)10-19(14)22(26)24-15(2)20-13-27-21-7-5-4-6-18(20)21/h4-10,13,15,17,23H,11-12H2,1-3H3,(H,24,26)/t15-/m1/s1. The van der Waals surface area contributed by atoms with Gasteiger partial charge in [0, 0.05) is 36.1 Å². The Bertz CT molecular complexity index is 977. The van der Waals surface area contributed by atoms with Crippen LogP contribution in [0.15, 0.2) is 47.8 Å². The number of thiophene rings is 1. The first-order chi connectivity index (χ1) is 13.0. The number of carbonyl (C=O) groups excluding carboxylic acids is 1. The summed E-state index contributed by atoms with van der Waals surface area (Å²) in [4.78, 5) is 15.2. The van der Waals surface area contributed by atoms with Gasteiger partial charge in [0.1, 0.15) is 0 Å². The fourth-order valence-electron chi connectivity index (χ4n) is 3.52. The van der Waals surface area contributed by atoms with Gasteiger partial charge in [0.2, 0.25) is 0 Å². The Morgan fingerprint density at radius 3 is 2.78 bits per heavy atom. The molecule has 0 spiro atoms. The fourth-order valence-corrected chi connectivity index (χ4v) is 4.57. The number of aryl methyl sites for hydroxylation is 1. The minimum absolute atomic E-state index is 0.0164. The molecule has 0 radical (unpaired) electrons. The summed E-state index contributed by atoms with van der Waals surface area (Å²) in [6, 6.07) is 15.0. The molecule has 4 rings (SSSR count). The third kappa shape index (κ3) is 3.45. The van der Waals surface area contributed by atoms with Crippen LogP contribution in [0.4, 0.5) is 5.69 Å². The predicted molar refractivity (Wildman–Crippen MR) is 114 cm³/mol. The summed E-state index contributed by atoms with van der Waals surface area (Å²) >= 11 is 1.72. The van der Waals surface area contributed by atoms with Crippen molar-refractivity contribution in [2.24, 2.45) is 0 Å². The van der Waals surface area contributed by atoms with Crippen LogP contribution in [-0.2, 0) is 0 Å². The van der Waals surface area contributed by atoms with Crippen LogP contribution in [0.1, 0.15) is 34.5 Å². The monoisotopic (exact) mass is 379 g/mol. The van der Waals surface area contributed by atoms with Crippen LogP contribution in [0.2, 0.25) is 0 Å². The van der Waals surface area contributed by atoms with Gasteiger partial charge in [0.05, 0.1) is 12.1 Å².